The molecule has 1 aliphatic rings. The fraction of sp³-hybridized carbons (Fsp3) is 0.636. The highest BCUT2D eigenvalue weighted by atomic mass is 16.5. The van der Waals surface area contributed by atoms with E-state index in [4.69, 9.17) is 10.5 Å². The summed E-state index contributed by atoms with van der Waals surface area (Å²) in [5.41, 5.74) is 5.84. The summed E-state index contributed by atoms with van der Waals surface area (Å²) in [7, 11) is 1.83. The van der Waals surface area contributed by atoms with Gasteiger partial charge in [-0.05, 0) is 25.7 Å². The van der Waals surface area contributed by atoms with E-state index in [9.17, 15) is 0 Å². The first-order valence-corrected chi connectivity index (χ1v) is 5.70. The molecular formula is C11H18N4O. The maximum Gasteiger partial charge on any atom is 0.218 e. The summed E-state index contributed by atoms with van der Waals surface area (Å²) in [6, 6.07) is 2.16. The van der Waals surface area contributed by atoms with E-state index in [1.54, 1.807) is 0 Å². The molecule has 0 saturated heterocycles. The van der Waals surface area contributed by atoms with Crippen LogP contribution in [0.4, 0.5) is 5.82 Å². The number of hydrogen-bond acceptors (Lipinski definition) is 5. The zero-order chi connectivity index (χ0) is 11.4. The fourth-order valence-electron chi connectivity index (χ4n) is 1.92. The van der Waals surface area contributed by atoms with Crippen molar-refractivity contribution in [2.24, 2.45) is 5.73 Å². The Hall–Kier alpha value is -1.36. The van der Waals surface area contributed by atoms with Crippen molar-refractivity contribution in [2.45, 2.75) is 37.8 Å². The second-order valence-electron chi connectivity index (χ2n) is 4.15. The number of ether oxygens (including phenoxy) is 1. The van der Waals surface area contributed by atoms with Gasteiger partial charge in [0.25, 0.3) is 0 Å². The maximum atomic E-state index is 5.84. The van der Waals surface area contributed by atoms with Crippen LogP contribution in [0, 0.1) is 0 Å². The molecule has 1 heterocycles. The molecule has 5 heteroatoms. The third-order valence-electron chi connectivity index (χ3n) is 2.90. The Bertz CT molecular complexity index is 337. The Kier molecular flexibility index (Phi) is 3.56. The van der Waals surface area contributed by atoms with Crippen LogP contribution in [0.3, 0.4) is 0 Å². The number of anilines is 1. The Morgan fingerprint density at radius 1 is 1.31 bits per heavy atom. The lowest BCUT2D eigenvalue weighted by Gasteiger charge is -2.26. The molecular weight excluding hydrogens is 204 g/mol. The van der Waals surface area contributed by atoms with Crippen LogP contribution in [-0.2, 0) is 0 Å². The van der Waals surface area contributed by atoms with Gasteiger partial charge >= 0.3 is 0 Å². The van der Waals surface area contributed by atoms with E-state index in [0.717, 1.165) is 31.5 Å². The van der Waals surface area contributed by atoms with Gasteiger partial charge in [-0.25, -0.2) is 9.97 Å². The molecule has 0 aromatic carbocycles. The van der Waals surface area contributed by atoms with Gasteiger partial charge in [-0.15, -0.1) is 0 Å². The standard InChI is InChI=1S/C11H18N4O/c1-13-10-6-11(15-7-14-10)16-9-4-2-8(12)3-5-9/h6-9H,2-5,12H2,1H3,(H,13,14,15). The van der Waals surface area contributed by atoms with Crippen molar-refractivity contribution in [1.29, 1.82) is 0 Å². The van der Waals surface area contributed by atoms with Crippen LogP contribution < -0.4 is 15.8 Å². The number of aromatic nitrogens is 2. The molecule has 0 unspecified atom stereocenters. The molecule has 5 nitrogen and oxygen atoms in total. The molecule has 1 aromatic rings. The molecule has 3 N–H and O–H groups in total. The highest BCUT2D eigenvalue weighted by Crippen LogP contribution is 2.22. The van der Waals surface area contributed by atoms with Gasteiger partial charge in [0, 0.05) is 19.2 Å². The summed E-state index contributed by atoms with van der Waals surface area (Å²) in [6.07, 6.45) is 5.86. The number of nitrogens with one attached hydrogen (secondary N) is 1. The molecule has 0 radical (unpaired) electrons. The number of nitrogens with two attached hydrogens (primary N) is 1. The summed E-state index contributed by atoms with van der Waals surface area (Å²) >= 11 is 0. The van der Waals surface area contributed by atoms with Crippen LogP contribution in [0.25, 0.3) is 0 Å². The minimum absolute atomic E-state index is 0.249. The summed E-state index contributed by atoms with van der Waals surface area (Å²) in [5, 5.41) is 2.96. The average molecular weight is 222 g/mol. The zero-order valence-electron chi connectivity index (χ0n) is 9.52. The van der Waals surface area contributed by atoms with E-state index in [1.807, 2.05) is 13.1 Å². The fourth-order valence-corrected chi connectivity index (χ4v) is 1.92. The molecule has 0 bridgehead atoms. The van der Waals surface area contributed by atoms with Gasteiger partial charge < -0.3 is 15.8 Å². The summed E-state index contributed by atoms with van der Waals surface area (Å²) in [4.78, 5) is 8.14. The van der Waals surface area contributed by atoms with E-state index >= 15 is 0 Å². The first-order valence-electron chi connectivity index (χ1n) is 5.70. The Morgan fingerprint density at radius 3 is 2.75 bits per heavy atom. The first kappa shape index (κ1) is 11.1. The van der Waals surface area contributed by atoms with Crippen molar-refractivity contribution >= 4 is 5.82 Å². The third kappa shape index (κ3) is 2.82. The normalized spacial score (nSPS) is 25.1. The van der Waals surface area contributed by atoms with Crippen molar-refractivity contribution in [3.8, 4) is 5.88 Å². The van der Waals surface area contributed by atoms with Crippen LogP contribution in [0.5, 0.6) is 5.88 Å². The highest BCUT2D eigenvalue weighted by Gasteiger charge is 2.20. The molecule has 0 atom stereocenters. The van der Waals surface area contributed by atoms with Gasteiger partial charge in [0.15, 0.2) is 0 Å². The highest BCUT2D eigenvalue weighted by molar-refractivity contribution is 5.36. The van der Waals surface area contributed by atoms with Crippen LogP contribution >= 0.6 is 0 Å². The van der Waals surface area contributed by atoms with Crippen LogP contribution in [0.2, 0.25) is 0 Å². The predicted molar refractivity (Wildman–Crippen MR) is 62.4 cm³/mol. The lowest BCUT2D eigenvalue weighted by atomic mass is 9.94. The molecule has 1 fully saturated rings. The van der Waals surface area contributed by atoms with E-state index in [2.05, 4.69) is 15.3 Å². The Labute approximate surface area is 95.4 Å². The van der Waals surface area contributed by atoms with Gasteiger partial charge in [-0.3, -0.25) is 0 Å². The minimum atomic E-state index is 0.249. The number of rotatable bonds is 3. The van der Waals surface area contributed by atoms with E-state index in [1.165, 1.54) is 6.33 Å². The van der Waals surface area contributed by atoms with Crippen LogP contribution in [0.15, 0.2) is 12.4 Å². The third-order valence-corrected chi connectivity index (χ3v) is 2.90. The maximum absolute atomic E-state index is 5.84. The monoisotopic (exact) mass is 222 g/mol. The summed E-state index contributed by atoms with van der Waals surface area (Å²) in [6.45, 7) is 0. The molecule has 0 aliphatic heterocycles. The molecule has 0 spiro atoms. The van der Waals surface area contributed by atoms with Crippen molar-refractivity contribution in [3.63, 3.8) is 0 Å². The average Bonchev–Trinajstić information content (AvgIpc) is 2.32. The van der Waals surface area contributed by atoms with E-state index in [0.29, 0.717) is 11.9 Å². The van der Waals surface area contributed by atoms with E-state index < -0.39 is 0 Å². The lowest BCUT2D eigenvalue weighted by molar-refractivity contribution is 0.141. The quantitative estimate of drug-likeness (QED) is 0.803. The topological polar surface area (TPSA) is 73.1 Å². The van der Waals surface area contributed by atoms with Crippen molar-refractivity contribution < 1.29 is 4.74 Å². The van der Waals surface area contributed by atoms with E-state index in [-0.39, 0.29) is 6.10 Å². The van der Waals surface area contributed by atoms with Crippen LogP contribution in [0.1, 0.15) is 25.7 Å². The largest absolute Gasteiger partial charge is 0.474 e. The van der Waals surface area contributed by atoms with Gasteiger partial charge in [0.05, 0.1) is 0 Å². The molecule has 0 amide bonds. The van der Waals surface area contributed by atoms with Gasteiger partial charge in [0.2, 0.25) is 5.88 Å². The van der Waals surface area contributed by atoms with Crippen LogP contribution in [-0.4, -0.2) is 29.2 Å². The lowest BCUT2D eigenvalue weighted by Crippen LogP contribution is -2.31. The first-order chi connectivity index (χ1) is 7.78. The molecule has 16 heavy (non-hydrogen) atoms. The number of nitrogens with zero attached hydrogens (tertiary/aromatic N) is 2. The zero-order valence-corrected chi connectivity index (χ0v) is 9.52. The molecule has 1 aromatic heterocycles. The Morgan fingerprint density at radius 2 is 2.06 bits per heavy atom. The van der Waals surface area contributed by atoms with Gasteiger partial charge in [-0.1, -0.05) is 0 Å². The molecule has 2 rings (SSSR count). The second kappa shape index (κ2) is 5.12. The molecule has 1 aliphatic carbocycles. The minimum Gasteiger partial charge on any atom is -0.474 e. The van der Waals surface area contributed by atoms with Crippen molar-refractivity contribution in [1.82, 2.24) is 9.97 Å². The number of hydrogen-bond donors (Lipinski definition) is 2. The molecule has 88 valence electrons. The smallest absolute Gasteiger partial charge is 0.218 e. The SMILES string of the molecule is CNc1cc(OC2CCC(N)CC2)ncn1. The van der Waals surface area contributed by atoms with Crippen molar-refractivity contribution in [3.05, 3.63) is 12.4 Å². The summed E-state index contributed by atoms with van der Waals surface area (Å²) < 4.78 is 5.80. The van der Waals surface area contributed by atoms with Gasteiger partial charge in [0.1, 0.15) is 18.2 Å². The van der Waals surface area contributed by atoms with Gasteiger partial charge in [-0.2, -0.15) is 0 Å². The summed E-state index contributed by atoms with van der Waals surface area (Å²) in [5.74, 6) is 1.41. The molecule has 1 saturated carbocycles. The second-order valence-corrected chi connectivity index (χ2v) is 4.15. The predicted octanol–water partition coefficient (Wildman–Crippen LogP) is 1.17. The Balaban J connectivity index is 1.93. The van der Waals surface area contributed by atoms with Crippen molar-refractivity contribution in [2.75, 3.05) is 12.4 Å².